The molecule has 0 amide bonds. The summed E-state index contributed by atoms with van der Waals surface area (Å²) in [4.78, 5) is 0. The van der Waals surface area contributed by atoms with Crippen molar-refractivity contribution in [2.45, 2.75) is 26.3 Å². The third kappa shape index (κ3) is 6.05. The van der Waals surface area contributed by atoms with Crippen LogP contribution in [0.4, 0.5) is 0 Å². The summed E-state index contributed by atoms with van der Waals surface area (Å²) in [5.41, 5.74) is 1.37. The van der Waals surface area contributed by atoms with Gasteiger partial charge in [0.1, 0.15) is 16.8 Å². The fourth-order valence-corrected chi connectivity index (χ4v) is 12.1. The molecule has 0 aromatic heterocycles. The minimum Gasteiger partial charge on any atom is -0.460 e. The lowest BCUT2D eigenvalue weighted by molar-refractivity contribution is 0.0465. The van der Waals surface area contributed by atoms with E-state index >= 15 is 0 Å². The third-order valence-corrected chi connectivity index (χ3v) is 14.9. The van der Waals surface area contributed by atoms with Gasteiger partial charge in [0.2, 0.25) is 0 Å². The highest BCUT2D eigenvalue weighted by molar-refractivity contribution is 8.20. The van der Waals surface area contributed by atoms with Gasteiger partial charge in [0.25, 0.3) is 0 Å². The molecule has 1 atom stereocenters. The molecule has 0 spiro atoms. The zero-order valence-electron chi connectivity index (χ0n) is 25.6. The maximum atomic E-state index is 14.9. The van der Waals surface area contributed by atoms with Gasteiger partial charge in [-0.05, 0) is 29.0 Å². The molecule has 2 aliphatic rings. The molecule has 5 aromatic carbocycles. The van der Waals surface area contributed by atoms with E-state index in [1.54, 1.807) is 6.07 Å². The first-order valence-electron chi connectivity index (χ1n) is 15.2. The van der Waals surface area contributed by atoms with Crippen LogP contribution in [0.5, 0.6) is 5.75 Å². The highest BCUT2D eigenvalue weighted by Crippen LogP contribution is 2.66. The Hall–Kier alpha value is -3.05. The van der Waals surface area contributed by atoms with E-state index in [4.69, 9.17) is 37.2 Å². The second kappa shape index (κ2) is 12.5. The number of halogens is 1. The maximum absolute atomic E-state index is 14.9. The minimum atomic E-state index is -3.83. The van der Waals surface area contributed by atoms with E-state index in [-0.39, 0.29) is 11.5 Å². The molecule has 1 fully saturated rings. The molecule has 5 aromatic rings. The van der Waals surface area contributed by atoms with E-state index in [0.717, 1.165) is 32.5 Å². The Kier molecular flexibility index (Phi) is 8.59. The van der Waals surface area contributed by atoms with Crippen LogP contribution in [0.2, 0.25) is 5.02 Å². The quantitative estimate of drug-likeness (QED) is 0.180. The van der Waals surface area contributed by atoms with Crippen LogP contribution >= 0.6 is 25.4 Å². The van der Waals surface area contributed by atoms with Crippen LogP contribution < -0.4 is 20.4 Å². The van der Waals surface area contributed by atoms with Crippen molar-refractivity contribution in [3.8, 4) is 5.75 Å². The van der Waals surface area contributed by atoms with Crippen molar-refractivity contribution in [3.05, 3.63) is 143 Å². The molecule has 2 aliphatic heterocycles. The normalized spacial score (nSPS) is 20.0. The molecular formula is C37H34ClNO4P2S. The van der Waals surface area contributed by atoms with E-state index in [9.17, 15) is 4.57 Å². The summed E-state index contributed by atoms with van der Waals surface area (Å²) in [6, 6.07) is 39.7. The monoisotopic (exact) mass is 685 g/mol. The predicted octanol–water partition coefficient (Wildman–Crippen LogP) is 9.59. The summed E-state index contributed by atoms with van der Waals surface area (Å²) in [6.45, 7) is 4.67. The Bertz CT molecular complexity index is 1990. The summed E-state index contributed by atoms with van der Waals surface area (Å²) in [6.07, 6.45) is -2.22. The fraction of sp³-hybridized carbons (Fsp3) is 0.189. The Balaban J connectivity index is 1.43. The minimum absolute atomic E-state index is 0.277. The molecule has 0 radical (unpaired) electrons. The van der Waals surface area contributed by atoms with Gasteiger partial charge in [0.15, 0.2) is 0 Å². The molecule has 234 valence electrons. The molecule has 0 bridgehead atoms. The van der Waals surface area contributed by atoms with Gasteiger partial charge < -0.3 is 13.8 Å². The Morgan fingerprint density at radius 1 is 0.848 bits per heavy atom. The third-order valence-electron chi connectivity index (χ3n) is 8.38. The van der Waals surface area contributed by atoms with Crippen molar-refractivity contribution in [3.63, 3.8) is 0 Å². The number of benzene rings is 5. The summed E-state index contributed by atoms with van der Waals surface area (Å²) in [7, 11) is -3.83. The molecule has 9 heteroatoms. The van der Waals surface area contributed by atoms with E-state index in [1.165, 1.54) is 0 Å². The Morgan fingerprint density at radius 2 is 1.46 bits per heavy atom. The standard InChI is InChI=1S/C37H34ClNO4P2S/c1-37(2)24-41-45(40,42-25-37)36(31-19-11-13-26-12-9-10-18-30(26)31)35-23-33(32-22-27(38)20-21-34(32)43-35)39-44(46,28-14-5-3-6-15-28)29-16-7-4-8-17-29/h3-22,33H,23-25H2,1-2H3,(H,39,46)/b36-35+. The van der Waals surface area contributed by atoms with Crippen LogP contribution in [0.15, 0.2) is 127 Å². The number of hydrogen-bond acceptors (Lipinski definition) is 5. The van der Waals surface area contributed by atoms with Crippen molar-refractivity contribution in [2.75, 3.05) is 13.2 Å². The zero-order chi connectivity index (χ0) is 31.9. The predicted molar refractivity (Wildman–Crippen MR) is 193 cm³/mol. The van der Waals surface area contributed by atoms with E-state index < -0.39 is 13.8 Å². The molecule has 1 N–H and O–H groups in total. The lowest BCUT2D eigenvalue weighted by Crippen LogP contribution is -2.33. The van der Waals surface area contributed by atoms with Crippen molar-refractivity contribution in [1.82, 2.24) is 5.09 Å². The fourth-order valence-electron chi connectivity index (χ4n) is 6.02. The lowest BCUT2D eigenvalue weighted by atomic mass is 9.97. The van der Waals surface area contributed by atoms with Crippen LogP contribution in [0, 0.1) is 5.41 Å². The molecule has 7 rings (SSSR count). The number of fused-ring (bicyclic) bond motifs is 2. The van der Waals surface area contributed by atoms with Crippen LogP contribution in [-0.2, 0) is 25.4 Å². The summed E-state index contributed by atoms with van der Waals surface area (Å²) in [5, 5.41) is 9.01. The smallest absolute Gasteiger partial charge is 0.365 e. The van der Waals surface area contributed by atoms with E-state index in [2.05, 4.69) is 29.4 Å². The van der Waals surface area contributed by atoms with Gasteiger partial charge in [-0.1, -0.05) is 140 Å². The van der Waals surface area contributed by atoms with Crippen molar-refractivity contribution in [2.24, 2.45) is 5.41 Å². The first-order chi connectivity index (χ1) is 22.2. The molecule has 46 heavy (non-hydrogen) atoms. The second-order valence-corrected chi connectivity index (χ2v) is 19.0. The van der Waals surface area contributed by atoms with Gasteiger partial charge in [-0.3, -0.25) is 9.65 Å². The lowest BCUT2D eigenvalue weighted by Gasteiger charge is -2.38. The second-order valence-electron chi connectivity index (χ2n) is 12.5. The van der Waals surface area contributed by atoms with Gasteiger partial charge in [0, 0.05) is 44.6 Å². The van der Waals surface area contributed by atoms with Crippen LogP contribution in [-0.4, -0.2) is 13.2 Å². The zero-order valence-corrected chi connectivity index (χ0v) is 28.9. The Morgan fingerprint density at radius 3 is 2.13 bits per heavy atom. The first kappa shape index (κ1) is 31.5. The maximum Gasteiger partial charge on any atom is 0.365 e. The van der Waals surface area contributed by atoms with Gasteiger partial charge in [-0.2, -0.15) is 0 Å². The van der Waals surface area contributed by atoms with Crippen LogP contribution in [0.1, 0.15) is 37.4 Å². The highest BCUT2D eigenvalue weighted by Gasteiger charge is 2.44. The SMILES string of the molecule is CC1(C)COP(=O)(/C(=C2\CC(NP(=S)(c3ccccc3)c3ccccc3)c3cc(Cl)ccc3O2)c2cccc3ccccc23)OC1. The average Bonchev–Trinajstić information content (AvgIpc) is 3.07. The summed E-state index contributed by atoms with van der Waals surface area (Å²) in [5.74, 6) is 1.14. The number of hydrogen-bond donors (Lipinski definition) is 1. The number of rotatable bonds is 6. The van der Waals surface area contributed by atoms with Crippen LogP contribution in [0.3, 0.4) is 0 Å². The van der Waals surface area contributed by atoms with Gasteiger partial charge >= 0.3 is 7.60 Å². The molecule has 1 saturated heterocycles. The van der Waals surface area contributed by atoms with Crippen molar-refractivity contribution >= 4 is 63.9 Å². The topological polar surface area (TPSA) is 56.8 Å². The van der Waals surface area contributed by atoms with Crippen molar-refractivity contribution in [1.29, 1.82) is 0 Å². The Labute approximate surface area is 280 Å². The summed E-state index contributed by atoms with van der Waals surface area (Å²) < 4.78 is 34.1. The number of ether oxygens (including phenoxy) is 1. The van der Waals surface area contributed by atoms with Gasteiger partial charge in [0.05, 0.1) is 19.4 Å². The summed E-state index contributed by atoms with van der Waals surface area (Å²) >= 11 is 13.2. The molecular weight excluding hydrogens is 652 g/mol. The van der Waals surface area contributed by atoms with E-state index in [0.29, 0.717) is 41.5 Å². The molecule has 5 nitrogen and oxygen atoms in total. The largest absolute Gasteiger partial charge is 0.460 e. The number of nitrogens with one attached hydrogen (secondary N) is 1. The van der Waals surface area contributed by atoms with Crippen molar-refractivity contribution < 1.29 is 18.3 Å². The molecule has 1 unspecified atom stereocenters. The van der Waals surface area contributed by atoms with Gasteiger partial charge in [-0.25, -0.2) is 0 Å². The van der Waals surface area contributed by atoms with Gasteiger partial charge in [-0.15, -0.1) is 0 Å². The molecule has 0 saturated carbocycles. The van der Waals surface area contributed by atoms with Crippen LogP contribution in [0.25, 0.3) is 16.1 Å². The molecule has 2 heterocycles. The first-order valence-corrected chi connectivity index (χ1v) is 19.9. The highest BCUT2D eigenvalue weighted by atomic mass is 35.5. The molecule has 0 aliphatic carbocycles. The average molecular weight is 686 g/mol. The van der Waals surface area contributed by atoms with E-state index in [1.807, 2.05) is 105 Å².